The SMILES string of the molecule is CNC(c1cccc2cnccc12)C1(N(C)C)CCCC1. The van der Waals surface area contributed by atoms with E-state index in [2.05, 4.69) is 60.6 Å². The first-order valence-electron chi connectivity index (χ1n) is 7.86. The Bertz CT molecular complexity index is 609. The topological polar surface area (TPSA) is 28.2 Å². The number of likely N-dealkylation sites (N-methyl/N-ethyl adjacent to an activating group) is 2. The number of benzene rings is 1. The molecular formula is C18H25N3. The number of aromatic nitrogens is 1. The van der Waals surface area contributed by atoms with Crippen LogP contribution in [-0.4, -0.2) is 36.6 Å². The zero-order chi connectivity index (χ0) is 14.9. The highest BCUT2D eigenvalue weighted by atomic mass is 15.2. The smallest absolute Gasteiger partial charge is 0.0510 e. The van der Waals surface area contributed by atoms with Crippen LogP contribution in [0.2, 0.25) is 0 Å². The Balaban J connectivity index is 2.14. The third kappa shape index (κ3) is 2.34. The normalized spacial score (nSPS) is 19.2. The lowest BCUT2D eigenvalue weighted by Gasteiger charge is -2.43. The second-order valence-electron chi connectivity index (χ2n) is 6.37. The number of pyridine rings is 1. The molecule has 1 saturated carbocycles. The summed E-state index contributed by atoms with van der Waals surface area (Å²) in [5.74, 6) is 0. The van der Waals surface area contributed by atoms with Crippen molar-refractivity contribution in [2.45, 2.75) is 37.3 Å². The van der Waals surface area contributed by atoms with Crippen LogP contribution in [0.5, 0.6) is 0 Å². The van der Waals surface area contributed by atoms with Crippen molar-refractivity contribution in [3.63, 3.8) is 0 Å². The summed E-state index contributed by atoms with van der Waals surface area (Å²) in [7, 11) is 6.54. The molecule has 3 heteroatoms. The van der Waals surface area contributed by atoms with E-state index < -0.39 is 0 Å². The van der Waals surface area contributed by atoms with Gasteiger partial charge in [-0.1, -0.05) is 31.0 Å². The fourth-order valence-electron chi connectivity index (χ4n) is 4.09. The van der Waals surface area contributed by atoms with E-state index >= 15 is 0 Å². The first-order chi connectivity index (χ1) is 10.2. The standard InChI is InChI=1S/C18H25N3/c1-19-17(18(21(2)3)10-4-5-11-18)16-8-6-7-14-13-20-12-9-15(14)16/h6-9,12-13,17,19H,4-5,10-11H2,1-3H3. The molecule has 1 unspecified atom stereocenters. The molecule has 1 aromatic heterocycles. The fourth-order valence-corrected chi connectivity index (χ4v) is 4.09. The van der Waals surface area contributed by atoms with Gasteiger partial charge in [0, 0.05) is 23.3 Å². The molecule has 0 saturated heterocycles. The molecule has 2 aromatic rings. The second-order valence-corrected chi connectivity index (χ2v) is 6.37. The van der Waals surface area contributed by atoms with E-state index in [-0.39, 0.29) is 5.54 Å². The monoisotopic (exact) mass is 283 g/mol. The van der Waals surface area contributed by atoms with Crippen molar-refractivity contribution in [2.75, 3.05) is 21.1 Å². The zero-order valence-electron chi connectivity index (χ0n) is 13.3. The number of fused-ring (bicyclic) bond motifs is 1. The highest BCUT2D eigenvalue weighted by Gasteiger charge is 2.43. The molecule has 1 aliphatic carbocycles. The van der Waals surface area contributed by atoms with Crippen LogP contribution in [0.25, 0.3) is 10.8 Å². The van der Waals surface area contributed by atoms with Gasteiger partial charge in [0.05, 0.1) is 6.04 Å². The lowest BCUT2D eigenvalue weighted by Crippen LogP contribution is -2.51. The van der Waals surface area contributed by atoms with E-state index in [1.807, 2.05) is 12.4 Å². The molecule has 1 aliphatic rings. The molecule has 0 radical (unpaired) electrons. The minimum absolute atomic E-state index is 0.215. The molecule has 1 atom stereocenters. The quantitative estimate of drug-likeness (QED) is 0.932. The molecule has 3 nitrogen and oxygen atoms in total. The summed E-state index contributed by atoms with van der Waals surface area (Å²) >= 11 is 0. The Kier molecular flexibility index (Phi) is 3.96. The van der Waals surface area contributed by atoms with Crippen LogP contribution < -0.4 is 5.32 Å². The number of rotatable bonds is 4. The molecule has 112 valence electrons. The molecule has 1 N–H and O–H groups in total. The largest absolute Gasteiger partial charge is 0.311 e. The van der Waals surface area contributed by atoms with E-state index in [9.17, 15) is 0 Å². The zero-order valence-corrected chi connectivity index (χ0v) is 13.3. The van der Waals surface area contributed by atoms with Gasteiger partial charge in [0.25, 0.3) is 0 Å². The highest BCUT2D eigenvalue weighted by molar-refractivity contribution is 5.85. The lowest BCUT2D eigenvalue weighted by molar-refractivity contribution is 0.109. The summed E-state index contributed by atoms with van der Waals surface area (Å²) < 4.78 is 0. The predicted octanol–water partition coefficient (Wildman–Crippen LogP) is 3.37. The highest BCUT2D eigenvalue weighted by Crippen LogP contribution is 2.44. The molecule has 0 amide bonds. The molecule has 21 heavy (non-hydrogen) atoms. The summed E-state index contributed by atoms with van der Waals surface area (Å²) in [5.41, 5.74) is 1.61. The van der Waals surface area contributed by atoms with Crippen molar-refractivity contribution in [3.8, 4) is 0 Å². The van der Waals surface area contributed by atoms with Crippen LogP contribution in [0, 0.1) is 0 Å². The van der Waals surface area contributed by atoms with Crippen LogP contribution in [0.1, 0.15) is 37.3 Å². The Morgan fingerprint density at radius 2 is 1.95 bits per heavy atom. The Morgan fingerprint density at radius 3 is 2.62 bits per heavy atom. The molecule has 1 fully saturated rings. The van der Waals surface area contributed by atoms with Gasteiger partial charge in [-0.2, -0.15) is 0 Å². The number of hydrogen-bond donors (Lipinski definition) is 1. The second kappa shape index (κ2) is 5.74. The van der Waals surface area contributed by atoms with Crippen molar-refractivity contribution >= 4 is 10.8 Å². The van der Waals surface area contributed by atoms with Gasteiger partial charge in [-0.3, -0.25) is 4.98 Å². The van der Waals surface area contributed by atoms with Crippen LogP contribution in [0.3, 0.4) is 0 Å². The van der Waals surface area contributed by atoms with E-state index in [1.54, 1.807) is 0 Å². The maximum atomic E-state index is 4.26. The van der Waals surface area contributed by atoms with Crippen LogP contribution in [-0.2, 0) is 0 Å². The van der Waals surface area contributed by atoms with E-state index in [1.165, 1.54) is 42.0 Å². The van der Waals surface area contributed by atoms with Crippen molar-refractivity contribution in [1.29, 1.82) is 0 Å². The van der Waals surface area contributed by atoms with Crippen molar-refractivity contribution < 1.29 is 0 Å². The van der Waals surface area contributed by atoms with Crippen LogP contribution in [0.4, 0.5) is 0 Å². The lowest BCUT2D eigenvalue weighted by atomic mass is 9.81. The van der Waals surface area contributed by atoms with Gasteiger partial charge in [-0.25, -0.2) is 0 Å². The van der Waals surface area contributed by atoms with Gasteiger partial charge in [0.2, 0.25) is 0 Å². The van der Waals surface area contributed by atoms with Gasteiger partial charge < -0.3 is 10.2 Å². The molecular weight excluding hydrogens is 258 g/mol. The van der Waals surface area contributed by atoms with Gasteiger partial charge in [0.1, 0.15) is 0 Å². The molecule has 1 heterocycles. The first kappa shape index (κ1) is 14.5. The third-order valence-electron chi connectivity index (χ3n) is 5.21. The Morgan fingerprint density at radius 1 is 1.19 bits per heavy atom. The van der Waals surface area contributed by atoms with Crippen LogP contribution in [0.15, 0.2) is 36.7 Å². The van der Waals surface area contributed by atoms with Gasteiger partial charge >= 0.3 is 0 Å². The van der Waals surface area contributed by atoms with E-state index in [0.29, 0.717) is 6.04 Å². The molecule has 0 bridgehead atoms. The third-order valence-corrected chi connectivity index (χ3v) is 5.21. The summed E-state index contributed by atoms with van der Waals surface area (Å²) in [5, 5.41) is 6.16. The first-order valence-corrected chi connectivity index (χ1v) is 7.86. The Hall–Kier alpha value is -1.45. The maximum Gasteiger partial charge on any atom is 0.0510 e. The van der Waals surface area contributed by atoms with Gasteiger partial charge in [0.15, 0.2) is 0 Å². The minimum Gasteiger partial charge on any atom is -0.311 e. The number of hydrogen-bond acceptors (Lipinski definition) is 3. The van der Waals surface area contributed by atoms with Crippen molar-refractivity contribution in [1.82, 2.24) is 15.2 Å². The average Bonchev–Trinajstić information content (AvgIpc) is 2.99. The van der Waals surface area contributed by atoms with Crippen molar-refractivity contribution in [2.24, 2.45) is 0 Å². The molecule has 3 rings (SSSR count). The molecule has 0 spiro atoms. The summed E-state index contributed by atoms with van der Waals surface area (Å²) in [6, 6.07) is 9.07. The maximum absolute atomic E-state index is 4.26. The fraction of sp³-hybridized carbons (Fsp3) is 0.500. The number of nitrogens with zero attached hydrogens (tertiary/aromatic N) is 2. The van der Waals surface area contributed by atoms with Gasteiger partial charge in [-0.15, -0.1) is 0 Å². The van der Waals surface area contributed by atoms with Gasteiger partial charge in [-0.05, 0) is 51.0 Å². The summed E-state index contributed by atoms with van der Waals surface area (Å²) in [6.45, 7) is 0. The summed E-state index contributed by atoms with van der Waals surface area (Å²) in [4.78, 5) is 6.69. The molecule has 0 aliphatic heterocycles. The summed E-state index contributed by atoms with van der Waals surface area (Å²) in [6.07, 6.45) is 9.02. The Labute approximate surface area is 127 Å². The van der Waals surface area contributed by atoms with E-state index in [4.69, 9.17) is 0 Å². The van der Waals surface area contributed by atoms with Crippen molar-refractivity contribution in [3.05, 3.63) is 42.2 Å². The predicted molar refractivity (Wildman–Crippen MR) is 88.4 cm³/mol. The molecule has 1 aromatic carbocycles. The minimum atomic E-state index is 0.215. The average molecular weight is 283 g/mol. The van der Waals surface area contributed by atoms with Crippen LogP contribution >= 0.6 is 0 Å². The number of nitrogens with one attached hydrogen (secondary N) is 1. The van der Waals surface area contributed by atoms with E-state index in [0.717, 1.165) is 0 Å².